The lowest BCUT2D eigenvalue weighted by Gasteiger charge is -2.45. The van der Waals surface area contributed by atoms with Gasteiger partial charge in [0.15, 0.2) is 0 Å². The lowest BCUT2D eigenvalue weighted by molar-refractivity contribution is 0.590. The second-order valence-corrected chi connectivity index (χ2v) is 44.2. The number of nitrogens with zero attached hydrogens (tertiary/aromatic N) is 7. The molecule has 0 atom stereocenters. The van der Waals surface area contributed by atoms with E-state index < -0.39 is 30.3 Å². The first-order valence-electron chi connectivity index (χ1n) is 52.1. The third kappa shape index (κ3) is 13.9. The van der Waals surface area contributed by atoms with Gasteiger partial charge >= 0.3 is 0 Å². The Hall–Kier alpha value is -16.3. The van der Waals surface area contributed by atoms with Gasteiger partial charge in [-0.1, -0.05) is 346 Å². The van der Waals surface area contributed by atoms with Crippen molar-refractivity contribution in [2.45, 2.75) is 131 Å². The fourth-order valence-electron chi connectivity index (χ4n) is 22.7. The van der Waals surface area contributed by atoms with E-state index >= 15 is 0 Å². The fraction of sp³-hybridized carbons (Fsp3) is 0.152. The minimum Gasteiger partial charge on any atom is -0.456 e. The minimum absolute atomic E-state index is 0.0994. The highest BCUT2D eigenvalue weighted by Crippen LogP contribution is 2.54. The van der Waals surface area contributed by atoms with Gasteiger partial charge in [0.1, 0.15) is 34.0 Å². The highest BCUT2D eigenvalue weighted by Gasteiger charge is 2.46. The molecule has 0 saturated carbocycles. The summed E-state index contributed by atoms with van der Waals surface area (Å²) in [6.07, 6.45) is 0. The van der Waals surface area contributed by atoms with Crippen molar-refractivity contribution in [2.24, 2.45) is 0 Å². The van der Waals surface area contributed by atoms with Crippen LogP contribution in [0.3, 0.4) is 0 Å². The zero-order chi connectivity index (χ0) is 101. The van der Waals surface area contributed by atoms with Crippen LogP contribution in [0.1, 0.15) is 139 Å². The van der Waals surface area contributed by atoms with Crippen molar-refractivity contribution in [3.8, 4) is 84.3 Å². The lowest BCUT2D eigenvalue weighted by atomic mass is 9.33. The molecule has 0 fully saturated rings. The monoisotopic (exact) mass is 1840 g/mol. The zero-order valence-corrected chi connectivity index (χ0v) is 82.5. The van der Waals surface area contributed by atoms with Gasteiger partial charge in [0, 0.05) is 93.9 Å². The van der Waals surface area contributed by atoms with Gasteiger partial charge in [-0.2, -0.15) is 0 Å². The summed E-state index contributed by atoms with van der Waals surface area (Å²) in [5.74, 6) is 1.49. The van der Waals surface area contributed by atoms with Gasteiger partial charge in [0.2, 0.25) is 0 Å². The van der Waals surface area contributed by atoms with E-state index in [4.69, 9.17) is 20.2 Å². The van der Waals surface area contributed by atoms with Crippen molar-refractivity contribution in [2.75, 3.05) is 9.80 Å². The van der Waals surface area contributed by atoms with Gasteiger partial charge in [-0.05, 0) is 255 Å². The molecule has 0 bridgehead atoms. The van der Waals surface area contributed by atoms with E-state index in [1.54, 1.807) is 0 Å². The summed E-state index contributed by atoms with van der Waals surface area (Å²) >= 11 is 0. The summed E-state index contributed by atoms with van der Waals surface area (Å²) in [6, 6.07) is 127. The maximum absolute atomic E-state index is 9.85. The molecule has 0 amide bonds. The first-order chi connectivity index (χ1) is 70.6. The van der Waals surface area contributed by atoms with Crippen LogP contribution in [-0.2, 0) is 27.1 Å². The van der Waals surface area contributed by atoms with Crippen molar-refractivity contribution in [3.63, 3.8) is 0 Å². The maximum atomic E-state index is 9.85. The van der Waals surface area contributed by atoms with Crippen LogP contribution in [0.25, 0.3) is 194 Å². The average molecular weight is 1840 g/mol. The molecular formula is C132H108BN7O2. The highest BCUT2D eigenvalue weighted by atomic mass is 16.3. The molecule has 0 radical (unpaired) electrons. The molecule has 26 rings (SSSR count). The number of hydrogen-bond donors (Lipinski definition) is 0. The molecule has 2 aliphatic rings. The SMILES string of the molecule is [2H]c1c([2H])c([2H])c(-c2cc(-c3ccccc3)cc(N3c4ccc(-c5cccc(-n6c7cc(C(C)(C)C)ccc7c7c8c(ccc76)oc6ccccc68)n5)cc4B4c5cc(-c6cc(-n7c8cc(C(C)(C)C)ccc8c8ccc(C(C)(C)C)cc87)cc(-n7c8cc(C(C)(C)C)ccc8c8c9c(ccc87)oc7ccccc79)n6)ccc5N(c5ccc(-c6ccccc6)cc5-c5ccccc5)c5cc(C(C)(C)C)cc3c54)c2)c([2H])c1[2H]. The zero-order valence-electron chi connectivity index (χ0n) is 87.5. The van der Waals surface area contributed by atoms with Crippen LogP contribution in [0.5, 0.6) is 0 Å². The maximum Gasteiger partial charge on any atom is 0.252 e. The number of fused-ring (bicyclic) bond motifs is 21. The summed E-state index contributed by atoms with van der Waals surface area (Å²) in [6.45, 7) is 33.9. The van der Waals surface area contributed by atoms with Crippen molar-refractivity contribution in [1.82, 2.24) is 23.7 Å². The summed E-state index contributed by atoms with van der Waals surface area (Å²) in [5.41, 5.74) is 33.2. The van der Waals surface area contributed by atoms with Crippen LogP contribution in [0.4, 0.5) is 34.1 Å². The van der Waals surface area contributed by atoms with E-state index in [-0.39, 0.29) is 39.3 Å². The number of aromatic nitrogens is 5. The Kier molecular flexibility index (Phi) is 17.9. The Balaban J connectivity index is 0.796. The predicted molar refractivity (Wildman–Crippen MR) is 600 cm³/mol. The average Bonchev–Trinajstić information content (AvgIpc) is 1.62. The van der Waals surface area contributed by atoms with Crippen LogP contribution in [0.15, 0.2) is 391 Å². The first kappa shape index (κ1) is 80.6. The highest BCUT2D eigenvalue weighted by molar-refractivity contribution is 7.00. The molecule has 10 heteroatoms. The number of pyridine rings is 2. The van der Waals surface area contributed by atoms with Gasteiger partial charge in [-0.15, -0.1) is 0 Å². The normalized spacial score (nSPS) is 13.6. The Morgan fingerprint density at radius 3 is 1.21 bits per heavy atom. The molecule has 9 nitrogen and oxygen atoms in total. The number of furan rings is 2. The van der Waals surface area contributed by atoms with Gasteiger partial charge in [0.25, 0.3) is 6.71 Å². The molecule has 0 unspecified atom stereocenters. The standard InChI is InChI=1S/C132H108BN7O2/c1-128(2,3)88-50-54-95-96-55-51-89(129(4,5)6)72-112(96)137(111(95)71-88)94-77-105(135-122(78-94)140-110-62-64-120-126(100-42-29-31-45-118(100)142-120)124(110)98-57-53-91(74-114(98)140)131(10,11)12)85-49-60-108-103(70-85)133-102-69-84(104-43-32-46-121(134-104)139-109-61-63-119-125(99-41-28-30-44-117(99)141-119)123(109)97-56-52-90(73-113(97)139)130(7,8)9)48-59-107(102)136(93-66-86(80-35-22-17-23-36-80)65-87(67-93)81-37-24-18-25-38-81)115-75-92(132(13,14)15)76-116(127(115)133)138(108)106-58-47-83(79-33-20-16-21-34-79)68-101(106)82-39-26-19-27-40-82/h16-78H,1-15H3/i17D,22D,23D,35D,36D. The molecule has 24 aromatic rings. The van der Waals surface area contributed by atoms with Gasteiger partial charge < -0.3 is 23.2 Å². The summed E-state index contributed by atoms with van der Waals surface area (Å²) in [7, 11) is 0. The summed E-state index contributed by atoms with van der Waals surface area (Å²) in [4.78, 5) is 17.2. The second-order valence-electron chi connectivity index (χ2n) is 44.2. The number of rotatable bonds is 11. The van der Waals surface area contributed by atoms with Crippen LogP contribution in [-0.4, -0.2) is 30.4 Å². The molecule has 0 saturated heterocycles. The van der Waals surface area contributed by atoms with E-state index in [1.807, 2.05) is 36.4 Å². The number of hydrogen-bond acceptors (Lipinski definition) is 6. The molecule has 9 heterocycles. The first-order valence-corrected chi connectivity index (χ1v) is 49.6. The fourth-order valence-corrected chi connectivity index (χ4v) is 22.7. The number of anilines is 6. The molecule has 0 aliphatic carbocycles. The Bertz CT molecular complexity index is 9630. The van der Waals surface area contributed by atoms with E-state index in [0.29, 0.717) is 11.3 Å². The molecule has 7 aromatic heterocycles. The van der Waals surface area contributed by atoms with Crippen LogP contribution >= 0.6 is 0 Å². The van der Waals surface area contributed by atoms with E-state index in [9.17, 15) is 5.48 Å². The molecule has 686 valence electrons. The predicted octanol–water partition coefficient (Wildman–Crippen LogP) is 34.1. The van der Waals surface area contributed by atoms with Gasteiger partial charge in [0.05, 0.1) is 62.7 Å². The minimum atomic E-state index is -0.571. The summed E-state index contributed by atoms with van der Waals surface area (Å²) < 4.78 is 68.2. The van der Waals surface area contributed by atoms with Gasteiger partial charge in [-0.25, -0.2) is 9.97 Å². The Morgan fingerprint density at radius 1 is 0.246 bits per heavy atom. The summed E-state index contributed by atoms with van der Waals surface area (Å²) in [5, 5.41) is 10.9. The van der Waals surface area contributed by atoms with Gasteiger partial charge in [-0.3, -0.25) is 9.13 Å². The Morgan fingerprint density at radius 2 is 0.683 bits per heavy atom. The van der Waals surface area contributed by atoms with Crippen LogP contribution in [0.2, 0.25) is 0 Å². The second kappa shape index (κ2) is 31.6. The largest absolute Gasteiger partial charge is 0.456 e. The van der Waals surface area contributed by atoms with Crippen LogP contribution < -0.4 is 26.2 Å². The van der Waals surface area contributed by atoms with E-state index in [2.05, 4.69) is 443 Å². The molecule has 0 N–H and O–H groups in total. The quantitative estimate of drug-likeness (QED) is 0.120. The number of benzene rings is 17. The molecule has 2 aliphatic heterocycles. The molecular weight excluding hydrogens is 1730 g/mol. The van der Waals surface area contributed by atoms with E-state index in [1.165, 1.54) is 22.3 Å². The van der Waals surface area contributed by atoms with Crippen molar-refractivity contribution in [1.29, 1.82) is 0 Å². The third-order valence-electron chi connectivity index (χ3n) is 30.0. The lowest BCUT2D eigenvalue weighted by Crippen LogP contribution is -2.61. The van der Waals surface area contributed by atoms with Crippen LogP contribution in [0, 0.1) is 0 Å². The third-order valence-corrected chi connectivity index (χ3v) is 30.0. The smallest absolute Gasteiger partial charge is 0.252 e. The van der Waals surface area contributed by atoms with Crippen molar-refractivity contribution >= 4 is 167 Å². The molecule has 0 spiro atoms. The Labute approximate surface area is 835 Å². The van der Waals surface area contributed by atoms with Crippen molar-refractivity contribution < 1.29 is 15.7 Å². The molecule has 17 aromatic carbocycles. The molecule has 142 heavy (non-hydrogen) atoms. The number of para-hydroxylation sites is 2. The van der Waals surface area contributed by atoms with Crippen molar-refractivity contribution in [3.05, 3.63) is 410 Å². The topological polar surface area (TPSA) is 73.3 Å². The van der Waals surface area contributed by atoms with E-state index in [0.717, 1.165) is 233 Å².